The molecule has 8 heteroatoms. The number of carbonyl (C=O) groups is 1. The van der Waals surface area contributed by atoms with Crippen molar-refractivity contribution in [3.63, 3.8) is 0 Å². The summed E-state index contributed by atoms with van der Waals surface area (Å²) in [5.41, 5.74) is 0. The van der Waals surface area contributed by atoms with Gasteiger partial charge in [-0.15, -0.1) is 0 Å². The Morgan fingerprint density at radius 3 is 2.71 bits per heavy atom. The molecule has 1 aliphatic heterocycles. The van der Waals surface area contributed by atoms with Gasteiger partial charge in [-0.05, 0) is 32.1 Å². The molecule has 0 aromatic carbocycles. The number of amides is 1. The lowest BCUT2D eigenvalue weighted by Gasteiger charge is -2.36. The summed E-state index contributed by atoms with van der Waals surface area (Å²) in [7, 11) is 0. The van der Waals surface area contributed by atoms with E-state index in [2.05, 4.69) is 10.1 Å². The number of halogens is 3. The molecule has 2 aliphatic rings. The molecule has 0 bridgehead atoms. The maximum atomic E-state index is 13.0. The van der Waals surface area contributed by atoms with Crippen LogP contribution < -0.4 is 0 Å². The third kappa shape index (κ3) is 3.72. The van der Waals surface area contributed by atoms with Crippen LogP contribution in [0.15, 0.2) is 4.52 Å². The van der Waals surface area contributed by atoms with Crippen LogP contribution in [0.4, 0.5) is 13.2 Å². The first kappa shape index (κ1) is 17.2. The minimum Gasteiger partial charge on any atom is -0.342 e. The van der Waals surface area contributed by atoms with Crippen LogP contribution >= 0.6 is 0 Å². The lowest BCUT2D eigenvalue weighted by atomic mass is 9.80. The van der Waals surface area contributed by atoms with Crippen LogP contribution in [-0.2, 0) is 4.79 Å². The molecule has 24 heavy (non-hydrogen) atoms. The summed E-state index contributed by atoms with van der Waals surface area (Å²) in [6.07, 6.45) is -1.47. The average molecular weight is 345 g/mol. The molecule has 134 valence electrons. The van der Waals surface area contributed by atoms with Gasteiger partial charge >= 0.3 is 6.18 Å². The van der Waals surface area contributed by atoms with Gasteiger partial charge < -0.3 is 9.42 Å². The van der Waals surface area contributed by atoms with Crippen LogP contribution in [0, 0.1) is 18.8 Å². The summed E-state index contributed by atoms with van der Waals surface area (Å²) in [5, 5.41) is 3.92. The predicted molar refractivity (Wildman–Crippen MR) is 79.1 cm³/mol. The van der Waals surface area contributed by atoms with Crippen molar-refractivity contribution >= 4 is 5.91 Å². The summed E-state index contributed by atoms with van der Waals surface area (Å²) >= 11 is 0. The number of alkyl halides is 3. The highest BCUT2D eigenvalue weighted by atomic mass is 19.4. The molecule has 3 unspecified atom stereocenters. The van der Waals surface area contributed by atoms with Crippen molar-refractivity contribution < 1.29 is 22.5 Å². The van der Waals surface area contributed by atoms with Crippen LogP contribution in [0.5, 0.6) is 0 Å². The number of hydrogen-bond donors (Lipinski definition) is 0. The van der Waals surface area contributed by atoms with Crippen molar-refractivity contribution in [3.05, 3.63) is 11.7 Å². The normalized spacial score (nSPS) is 28.8. The van der Waals surface area contributed by atoms with Gasteiger partial charge in [0.2, 0.25) is 11.8 Å². The first-order valence-corrected chi connectivity index (χ1v) is 8.50. The highest BCUT2D eigenvalue weighted by molar-refractivity contribution is 5.79. The van der Waals surface area contributed by atoms with Gasteiger partial charge in [0.1, 0.15) is 0 Å². The fourth-order valence-corrected chi connectivity index (χ4v) is 3.84. The second-order valence-electron chi connectivity index (χ2n) is 6.90. The highest BCUT2D eigenvalue weighted by Crippen LogP contribution is 2.41. The molecule has 3 rings (SSSR count). The fraction of sp³-hybridized carbons (Fsp3) is 0.812. The number of likely N-dealkylation sites (tertiary alicyclic amines) is 1. The van der Waals surface area contributed by atoms with Crippen molar-refractivity contribution in [1.82, 2.24) is 15.0 Å². The second-order valence-corrected chi connectivity index (χ2v) is 6.90. The fourth-order valence-electron chi connectivity index (χ4n) is 3.84. The van der Waals surface area contributed by atoms with E-state index in [9.17, 15) is 18.0 Å². The largest absolute Gasteiger partial charge is 0.391 e. The Bertz CT molecular complexity index is 587. The van der Waals surface area contributed by atoms with Gasteiger partial charge in [-0.3, -0.25) is 4.79 Å². The van der Waals surface area contributed by atoms with E-state index in [4.69, 9.17) is 4.52 Å². The highest BCUT2D eigenvalue weighted by Gasteiger charge is 2.44. The minimum absolute atomic E-state index is 0.00199. The van der Waals surface area contributed by atoms with E-state index in [1.807, 2.05) is 0 Å². The van der Waals surface area contributed by atoms with Gasteiger partial charge in [0, 0.05) is 31.8 Å². The van der Waals surface area contributed by atoms with Crippen molar-refractivity contribution in [2.24, 2.45) is 11.8 Å². The Balaban J connectivity index is 1.64. The van der Waals surface area contributed by atoms with Crippen LogP contribution in [0.3, 0.4) is 0 Å². The maximum Gasteiger partial charge on any atom is 0.391 e. The molecule has 3 atom stereocenters. The van der Waals surface area contributed by atoms with Crippen molar-refractivity contribution in [3.8, 4) is 0 Å². The van der Waals surface area contributed by atoms with Gasteiger partial charge in [0.15, 0.2) is 5.82 Å². The molecule has 1 saturated carbocycles. The summed E-state index contributed by atoms with van der Waals surface area (Å²) in [6.45, 7) is 2.77. The van der Waals surface area contributed by atoms with Crippen LogP contribution in [0.2, 0.25) is 0 Å². The number of rotatable bonds is 2. The quantitative estimate of drug-likeness (QED) is 0.824. The number of carbonyl (C=O) groups excluding carboxylic acids is 1. The molecule has 0 N–H and O–H groups in total. The van der Waals surface area contributed by atoms with Gasteiger partial charge in [0.05, 0.1) is 5.92 Å². The smallest absolute Gasteiger partial charge is 0.342 e. The summed E-state index contributed by atoms with van der Waals surface area (Å²) in [6, 6.07) is 0. The van der Waals surface area contributed by atoms with E-state index in [0.717, 1.165) is 12.8 Å². The first-order chi connectivity index (χ1) is 11.3. The molecule has 1 aromatic heterocycles. The average Bonchev–Trinajstić information content (AvgIpc) is 3.00. The topological polar surface area (TPSA) is 59.2 Å². The molecule has 1 amide bonds. The van der Waals surface area contributed by atoms with E-state index in [1.54, 1.807) is 11.8 Å². The number of nitrogens with zero attached hydrogens (tertiary/aromatic N) is 3. The first-order valence-electron chi connectivity index (χ1n) is 8.50. The summed E-state index contributed by atoms with van der Waals surface area (Å²) in [4.78, 5) is 18.6. The molecule has 0 radical (unpaired) electrons. The standard InChI is InChI=1S/C16H22F3N3O2/c1-10-20-14(21-24-10)12-5-3-7-22(9-12)15(23)11-4-2-6-13(8-11)16(17,18)19/h11-13H,2-9H2,1H3. The van der Waals surface area contributed by atoms with E-state index in [0.29, 0.717) is 37.6 Å². The van der Waals surface area contributed by atoms with E-state index in [1.165, 1.54) is 0 Å². The molecule has 2 fully saturated rings. The van der Waals surface area contributed by atoms with Crippen molar-refractivity contribution in [2.45, 2.75) is 57.5 Å². The lowest BCUT2D eigenvalue weighted by molar-refractivity contribution is -0.187. The summed E-state index contributed by atoms with van der Waals surface area (Å²) < 4.78 is 43.9. The van der Waals surface area contributed by atoms with Gasteiger partial charge in [0.25, 0.3) is 0 Å². The number of aryl methyl sites for hydroxylation is 1. The van der Waals surface area contributed by atoms with E-state index < -0.39 is 18.0 Å². The monoisotopic (exact) mass is 345 g/mol. The minimum atomic E-state index is -4.20. The van der Waals surface area contributed by atoms with Crippen molar-refractivity contribution in [2.75, 3.05) is 13.1 Å². The zero-order chi connectivity index (χ0) is 17.3. The maximum absolute atomic E-state index is 13.0. The number of hydrogen-bond acceptors (Lipinski definition) is 4. The van der Waals surface area contributed by atoms with Crippen LogP contribution in [0.25, 0.3) is 0 Å². The molecule has 0 spiro atoms. The van der Waals surface area contributed by atoms with Crippen LogP contribution in [0.1, 0.15) is 56.2 Å². The van der Waals surface area contributed by atoms with E-state index in [-0.39, 0.29) is 24.7 Å². The zero-order valence-corrected chi connectivity index (χ0v) is 13.7. The molecule has 1 saturated heterocycles. The van der Waals surface area contributed by atoms with E-state index >= 15 is 0 Å². The zero-order valence-electron chi connectivity index (χ0n) is 13.7. The molecule has 2 heterocycles. The van der Waals surface area contributed by atoms with Gasteiger partial charge in [-0.1, -0.05) is 11.6 Å². The van der Waals surface area contributed by atoms with Crippen LogP contribution in [-0.4, -0.2) is 40.2 Å². The molecule has 5 nitrogen and oxygen atoms in total. The van der Waals surface area contributed by atoms with Gasteiger partial charge in [-0.25, -0.2) is 0 Å². The lowest BCUT2D eigenvalue weighted by Crippen LogP contribution is -2.44. The van der Waals surface area contributed by atoms with Crippen molar-refractivity contribution in [1.29, 1.82) is 0 Å². The molecular formula is C16H22F3N3O2. The van der Waals surface area contributed by atoms with Gasteiger partial charge in [-0.2, -0.15) is 18.2 Å². The Hall–Kier alpha value is -1.60. The third-order valence-corrected chi connectivity index (χ3v) is 5.13. The number of aromatic nitrogens is 2. The summed E-state index contributed by atoms with van der Waals surface area (Å²) in [5.74, 6) is -0.941. The third-order valence-electron chi connectivity index (χ3n) is 5.13. The Kier molecular flexibility index (Phi) is 4.83. The molecular weight excluding hydrogens is 323 g/mol. The second kappa shape index (κ2) is 6.72. The SMILES string of the molecule is Cc1nc(C2CCCN(C(=O)C3CCCC(C(F)(F)F)C3)C2)no1. The Morgan fingerprint density at radius 1 is 1.25 bits per heavy atom. The Labute approximate surface area is 138 Å². The number of piperidine rings is 1. The predicted octanol–water partition coefficient (Wildman–Crippen LogP) is 3.45. The molecule has 1 aliphatic carbocycles. The molecule has 1 aromatic rings. The Morgan fingerprint density at radius 2 is 2.04 bits per heavy atom.